The van der Waals surface area contributed by atoms with Gasteiger partial charge in [0.2, 0.25) is 5.91 Å². The monoisotopic (exact) mass is 425 g/mol. The van der Waals surface area contributed by atoms with Crippen LogP contribution in [0.3, 0.4) is 0 Å². The van der Waals surface area contributed by atoms with Crippen molar-refractivity contribution in [2.45, 2.75) is 64.0 Å². The summed E-state index contributed by atoms with van der Waals surface area (Å²) in [6, 6.07) is 6.02. The number of piperazine rings is 1. The molecule has 1 aliphatic heterocycles. The summed E-state index contributed by atoms with van der Waals surface area (Å²) < 4.78 is 0. The van der Waals surface area contributed by atoms with Gasteiger partial charge in [-0.3, -0.25) is 9.69 Å². The molecule has 0 radical (unpaired) electrons. The second kappa shape index (κ2) is 8.91. The minimum atomic E-state index is -0.166. The summed E-state index contributed by atoms with van der Waals surface area (Å²) >= 11 is 13.1. The Balaban J connectivity index is 1.88. The lowest BCUT2D eigenvalue weighted by atomic mass is 9.66. The normalized spacial score (nSPS) is 28.5. The predicted octanol–water partition coefficient (Wildman–Crippen LogP) is 4.59. The van der Waals surface area contributed by atoms with Crippen molar-refractivity contribution in [2.24, 2.45) is 5.92 Å². The van der Waals surface area contributed by atoms with E-state index in [0.717, 1.165) is 57.4 Å². The molecule has 3 rings (SSSR count). The van der Waals surface area contributed by atoms with Gasteiger partial charge in [-0.15, -0.1) is 0 Å². The number of amides is 1. The Kier molecular flexibility index (Phi) is 6.96. The van der Waals surface area contributed by atoms with Crippen LogP contribution < -0.4 is 10.6 Å². The Bertz CT molecular complexity index is 697. The number of carbonyl (C=O) groups is 1. The van der Waals surface area contributed by atoms with Crippen molar-refractivity contribution >= 4 is 29.1 Å². The highest BCUT2D eigenvalue weighted by Gasteiger charge is 2.46. The average Bonchev–Trinajstić information content (AvgIpc) is 2.70. The third kappa shape index (κ3) is 4.35. The summed E-state index contributed by atoms with van der Waals surface area (Å²) in [6.45, 7) is 10.4. The molecule has 1 aromatic rings. The fourth-order valence-corrected chi connectivity index (χ4v) is 5.53. The molecule has 1 amide bonds. The molecule has 1 aliphatic carbocycles. The highest BCUT2D eigenvalue weighted by atomic mass is 35.5. The number of nitrogens with one attached hydrogen (secondary N) is 2. The van der Waals surface area contributed by atoms with Gasteiger partial charge in [-0.05, 0) is 57.1 Å². The summed E-state index contributed by atoms with van der Waals surface area (Å²) in [7, 11) is 0. The molecule has 1 unspecified atom stereocenters. The number of halogens is 2. The molecule has 2 fully saturated rings. The summed E-state index contributed by atoms with van der Waals surface area (Å²) in [5.74, 6) is 0.608. The molecule has 156 valence electrons. The van der Waals surface area contributed by atoms with Crippen LogP contribution in [0.2, 0.25) is 10.0 Å². The maximum absolute atomic E-state index is 12.0. The lowest BCUT2D eigenvalue weighted by molar-refractivity contribution is -0.123. The molecule has 2 aliphatic rings. The summed E-state index contributed by atoms with van der Waals surface area (Å²) in [5.41, 5.74) is 0.862. The van der Waals surface area contributed by atoms with E-state index in [-0.39, 0.29) is 17.0 Å². The van der Waals surface area contributed by atoms with Crippen LogP contribution in [0.1, 0.15) is 58.4 Å². The van der Waals surface area contributed by atoms with Crippen molar-refractivity contribution in [3.8, 4) is 0 Å². The van der Waals surface area contributed by atoms with E-state index in [4.69, 9.17) is 23.2 Å². The molecule has 0 bridgehead atoms. The van der Waals surface area contributed by atoms with Crippen molar-refractivity contribution in [3.05, 3.63) is 33.8 Å². The van der Waals surface area contributed by atoms with Crippen LogP contribution in [-0.2, 0) is 10.3 Å². The van der Waals surface area contributed by atoms with Gasteiger partial charge in [0.25, 0.3) is 0 Å². The van der Waals surface area contributed by atoms with Gasteiger partial charge in [0.05, 0.1) is 10.0 Å². The van der Waals surface area contributed by atoms with E-state index in [9.17, 15) is 4.79 Å². The largest absolute Gasteiger partial charge is 0.351 e. The van der Waals surface area contributed by atoms with Crippen molar-refractivity contribution in [1.82, 2.24) is 15.5 Å². The van der Waals surface area contributed by atoms with Crippen LogP contribution in [0.15, 0.2) is 18.2 Å². The third-order valence-electron chi connectivity index (χ3n) is 6.92. The number of hydrogen-bond acceptors (Lipinski definition) is 3. The van der Waals surface area contributed by atoms with Crippen molar-refractivity contribution in [1.29, 1.82) is 0 Å². The van der Waals surface area contributed by atoms with Gasteiger partial charge < -0.3 is 10.6 Å². The van der Waals surface area contributed by atoms with Gasteiger partial charge >= 0.3 is 0 Å². The Hall–Kier alpha value is -0.810. The molecule has 0 aromatic heterocycles. The molecular formula is C22H33Cl2N3O. The van der Waals surface area contributed by atoms with E-state index in [1.807, 2.05) is 19.1 Å². The van der Waals surface area contributed by atoms with Crippen molar-refractivity contribution in [2.75, 3.05) is 26.2 Å². The first-order valence-electron chi connectivity index (χ1n) is 10.5. The molecule has 6 heteroatoms. The Morgan fingerprint density at radius 2 is 1.93 bits per heavy atom. The van der Waals surface area contributed by atoms with Crippen LogP contribution in [0.5, 0.6) is 0 Å². The minimum Gasteiger partial charge on any atom is -0.351 e. The van der Waals surface area contributed by atoms with Gasteiger partial charge in [0.15, 0.2) is 0 Å². The van der Waals surface area contributed by atoms with Crippen LogP contribution >= 0.6 is 23.2 Å². The SMILES string of the molecule is CCC(=O)NC1(C)CCC(C(C)(c2cccc(Cl)c2Cl)N2CCNCC2)CC1. The van der Waals surface area contributed by atoms with E-state index in [2.05, 4.69) is 35.4 Å². The third-order valence-corrected chi connectivity index (χ3v) is 7.74. The molecule has 2 N–H and O–H groups in total. The highest BCUT2D eigenvalue weighted by molar-refractivity contribution is 6.42. The smallest absolute Gasteiger partial charge is 0.220 e. The van der Waals surface area contributed by atoms with Gasteiger partial charge in [-0.25, -0.2) is 0 Å². The first-order valence-corrected chi connectivity index (χ1v) is 11.3. The number of nitrogens with zero attached hydrogens (tertiary/aromatic N) is 1. The Labute approximate surface area is 179 Å². The second-order valence-electron chi connectivity index (χ2n) is 8.72. The van der Waals surface area contributed by atoms with Crippen molar-refractivity contribution in [3.63, 3.8) is 0 Å². The van der Waals surface area contributed by atoms with E-state index in [1.165, 1.54) is 0 Å². The lowest BCUT2D eigenvalue weighted by Gasteiger charge is -2.52. The summed E-state index contributed by atoms with van der Waals surface area (Å²) in [5, 5.41) is 8.01. The molecule has 1 saturated heterocycles. The van der Waals surface area contributed by atoms with Gasteiger partial charge in [-0.2, -0.15) is 0 Å². The molecular weight excluding hydrogens is 393 g/mol. The van der Waals surface area contributed by atoms with Gasteiger partial charge in [0, 0.05) is 43.7 Å². The zero-order valence-corrected chi connectivity index (χ0v) is 18.8. The van der Waals surface area contributed by atoms with Crippen LogP contribution in [0.25, 0.3) is 0 Å². The van der Waals surface area contributed by atoms with Crippen LogP contribution in [-0.4, -0.2) is 42.5 Å². The fourth-order valence-electron chi connectivity index (χ4n) is 5.04. The maximum Gasteiger partial charge on any atom is 0.220 e. The highest BCUT2D eigenvalue weighted by Crippen LogP contribution is 2.48. The maximum atomic E-state index is 12.0. The molecule has 1 saturated carbocycles. The summed E-state index contributed by atoms with van der Waals surface area (Å²) in [6.07, 6.45) is 4.63. The van der Waals surface area contributed by atoms with E-state index < -0.39 is 0 Å². The second-order valence-corrected chi connectivity index (χ2v) is 9.51. The molecule has 1 atom stereocenters. The number of rotatable bonds is 5. The molecule has 28 heavy (non-hydrogen) atoms. The zero-order chi connectivity index (χ0) is 20.4. The van der Waals surface area contributed by atoms with E-state index >= 15 is 0 Å². The first kappa shape index (κ1) is 21.9. The number of benzene rings is 1. The van der Waals surface area contributed by atoms with E-state index in [1.54, 1.807) is 0 Å². The standard InChI is InChI=1S/C22H33Cl2N3O/c1-4-19(28)26-21(2)10-8-16(9-11-21)22(3,27-14-12-25-13-15-27)17-6-5-7-18(23)20(17)24/h5-7,16,25H,4,8-15H2,1-3H3,(H,26,28). The molecule has 1 aromatic carbocycles. The van der Waals surface area contributed by atoms with Gasteiger partial charge in [-0.1, -0.05) is 42.3 Å². The first-order chi connectivity index (χ1) is 13.3. The predicted molar refractivity (Wildman–Crippen MR) is 117 cm³/mol. The fraction of sp³-hybridized carbons (Fsp3) is 0.682. The van der Waals surface area contributed by atoms with Gasteiger partial charge in [0.1, 0.15) is 0 Å². The zero-order valence-electron chi connectivity index (χ0n) is 17.3. The Morgan fingerprint density at radius 1 is 1.29 bits per heavy atom. The molecule has 4 nitrogen and oxygen atoms in total. The average molecular weight is 426 g/mol. The van der Waals surface area contributed by atoms with Crippen LogP contribution in [0, 0.1) is 5.92 Å². The van der Waals surface area contributed by atoms with E-state index in [0.29, 0.717) is 22.4 Å². The topological polar surface area (TPSA) is 44.4 Å². The minimum absolute atomic E-state index is 0.105. The quantitative estimate of drug-likeness (QED) is 0.724. The lowest BCUT2D eigenvalue weighted by Crippen LogP contribution is -2.58. The summed E-state index contributed by atoms with van der Waals surface area (Å²) in [4.78, 5) is 14.5. The molecule has 0 spiro atoms. The molecule has 1 heterocycles. The number of hydrogen-bond donors (Lipinski definition) is 2. The van der Waals surface area contributed by atoms with Crippen LogP contribution in [0.4, 0.5) is 0 Å². The Morgan fingerprint density at radius 3 is 2.54 bits per heavy atom. The number of carbonyl (C=O) groups excluding carboxylic acids is 1. The van der Waals surface area contributed by atoms with Crippen molar-refractivity contribution < 1.29 is 4.79 Å².